The standard InChI is InChI=1S/C22H21NO3/c1-15-13-21(24)26-20-14-18(9-10-19(15)20)16-5-7-17(8-6-16)22(25)23-11-3-2-4-12-23/h5-10,13-14H,2-4,11-12H2,1H3. The monoisotopic (exact) mass is 347 g/mol. The van der Waals surface area contributed by atoms with Crippen LogP contribution in [0.4, 0.5) is 0 Å². The highest BCUT2D eigenvalue weighted by atomic mass is 16.4. The molecule has 0 radical (unpaired) electrons. The van der Waals surface area contributed by atoms with Gasteiger partial charge in [0.1, 0.15) is 5.58 Å². The van der Waals surface area contributed by atoms with Crippen LogP contribution in [0.2, 0.25) is 0 Å². The maximum absolute atomic E-state index is 12.6. The van der Waals surface area contributed by atoms with Crippen LogP contribution in [0, 0.1) is 6.92 Å². The molecule has 1 fully saturated rings. The van der Waals surface area contributed by atoms with Gasteiger partial charge in [0.25, 0.3) is 5.91 Å². The van der Waals surface area contributed by atoms with Gasteiger partial charge in [0.05, 0.1) is 0 Å². The van der Waals surface area contributed by atoms with Gasteiger partial charge in [-0.15, -0.1) is 0 Å². The van der Waals surface area contributed by atoms with Crippen LogP contribution >= 0.6 is 0 Å². The second-order valence-corrected chi connectivity index (χ2v) is 6.89. The Morgan fingerprint density at radius 1 is 0.923 bits per heavy atom. The van der Waals surface area contributed by atoms with Crippen molar-refractivity contribution in [2.24, 2.45) is 0 Å². The quantitative estimate of drug-likeness (QED) is 0.646. The first kappa shape index (κ1) is 16.6. The second kappa shape index (κ2) is 6.79. The summed E-state index contributed by atoms with van der Waals surface area (Å²) in [6, 6.07) is 15.0. The van der Waals surface area contributed by atoms with E-state index in [9.17, 15) is 9.59 Å². The predicted molar refractivity (Wildman–Crippen MR) is 102 cm³/mol. The molecule has 26 heavy (non-hydrogen) atoms. The van der Waals surface area contributed by atoms with E-state index in [-0.39, 0.29) is 11.5 Å². The van der Waals surface area contributed by atoms with E-state index in [4.69, 9.17) is 4.42 Å². The Hall–Kier alpha value is -2.88. The lowest BCUT2D eigenvalue weighted by atomic mass is 10.0. The number of nitrogens with zero attached hydrogens (tertiary/aromatic N) is 1. The van der Waals surface area contributed by atoms with E-state index >= 15 is 0 Å². The molecule has 0 bridgehead atoms. The minimum Gasteiger partial charge on any atom is -0.423 e. The third kappa shape index (κ3) is 3.15. The highest BCUT2D eigenvalue weighted by molar-refractivity contribution is 5.95. The lowest BCUT2D eigenvalue weighted by Crippen LogP contribution is -2.35. The van der Waals surface area contributed by atoms with Crippen molar-refractivity contribution in [3.8, 4) is 11.1 Å². The van der Waals surface area contributed by atoms with Gasteiger partial charge in [-0.25, -0.2) is 4.79 Å². The van der Waals surface area contributed by atoms with Crippen LogP contribution in [0.3, 0.4) is 0 Å². The van der Waals surface area contributed by atoms with Crippen molar-refractivity contribution in [3.63, 3.8) is 0 Å². The highest BCUT2D eigenvalue weighted by Gasteiger charge is 2.18. The zero-order valence-corrected chi connectivity index (χ0v) is 14.8. The van der Waals surface area contributed by atoms with Crippen LogP contribution in [-0.4, -0.2) is 23.9 Å². The summed E-state index contributed by atoms with van der Waals surface area (Å²) >= 11 is 0. The fraction of sp³-hybridized carbons (Fsp3) is 0.273. The average Bonchev–Trinajstić information content (AvgIpc) is 2.67. The molecule has 4 rings (SSSR count). The van der Waals surface area contributed by atoms with Crippen molar-refractivity contribution in [2.45, 2.75) is 26.2 Å². The van der Waals surface area contributed by atoms with Gasteiger partial charge in [0.2, 0.25) is 0 Å². The van der Waals surface area contributed by atoms with Gasteiger partial charge in [-0.1, -0.05) is 24.3 Å². The third-order valence-corrected chi connectivity index (χ3v) is 5.06. The summed E-state index contributed by atoms with van der Waals surface area (Å²) in [5.74, 6) is 0.108. The summed E-state index contributed by atoms with van der Waals surface area (Å²) in [7, 11) is 0. The van der Waals surface area contributed by atoms with Crippen LogP contribution in [-0.2, 0) is 0 Å². The van der Waals surface area contributed by atoms with Crippen molar-refractivity contribution in [1.82, 2.24) is 4.90 Å². The van der Waals surface area contributed by atoms with Crippen LogP contribution in [0.15, 0.2) is 57.7 Å². The fourth-order valence-electron chi connectivity index (χ4n) is 3.59. The normalized spacial score (nSPS) is 14.6. The van der Waals surface area contributed by atoms with E-state index in [1.165, 1.54) is 12.5 Å². The molecule has 3 aromatic rings. The number of carbonyl (C=O) groups excluding carboxylic acids is 1. The molecule has 1 aliphatic heterocycles. The fourth-order valence-corrected chi connectivity index (χ4v) is 3.59. The molecule has 1 amide bonds. The summed E-state index contributed by atoms with van der Waals surface area (Å²) in [6.45, 7) is 3.60. The molecule has 0 unspecified atom stereocenters. The summed E-state index contributed by atoms with van der Waals surface area (Å²) < 4.78 is 5.33. The number of benzene rings is 2. The number of carbonyl (C=O) groups is 1. The Bertz CT molecular complexity index is 1010. The number of fused-ring (bicyclic) bond motifs is 1. The van der Waals surface area contributed by atoms with Gasteiger partial charge in [-0.05, 0) is 61.1 Å². The molecule has 0 N–H and O–H groups in total. The predicted octanol–water partition coefficient (Wildman–Crippen LogP) is 4.39. The van der Waals surface area contributed by atoms with Crippen molar-refractivity contribution < 1.29 is 9.21 Å². The van der Waals surface area contributed by atoms with Gasteiger partial charge in [-0.3, -0.25) is 4.79 Å². The molecule has 4 heteroatoms. The molecule has 0 saturated carbocycles. The molecule has 1 aliphatic rings. The van der Waals surface area contributed by atoms with Crippen molar-refractivity contribution in [3.05, 3.63) is 70.1 Å². The minimum absolute atomic E-state index is 0.108. The van der Waals surface area contributed by atoms with Crippen molar-refractivity contribution in [1.29, 1.82) is 0 Å². The van der Waals surface area contributed by atoms with Gasteiger partial charge in [-0.2, -0.15) is 0 Å². The van der Waals surface area contributed by atoms with E-state index in [0.717, 1.165) is 53.6 Å². The summed E-state index contributed by atoms with van der Waals surface area (Å²) in [6.07, 6.45) is 3.39. The molecular weight excluding hydrogens is 326 g/mol. The van der Waals surface area contributed by atoms with E-state index in [1.807, 2.05) is 54.3 Å². The van der Waals surface area contributed by atoms with Crippen LogP contribution in [0.5, 0.6) is 0 Å². The number of piperidine rings is 1. The van der Waals surface area contributed by atoms with Gasteiger partial charge in [0, 0.05) is 30.1 Å². The van der Waals surface area contributed by atoms with Crippen LogP contribution in [0.1, 0.15) is 35.2 Å². The van der Waals surface area contributed by atoms with Crippen molar-refractivity contribution >= 4 is 16.9 Å². The third-order valence-electron chi connectivity index (χ3n) is 5.06. The van der Waals surface area contributed by atoms with E-state index in [1.54, 1.807) is 0 Å². The Morgan fingerprint density at radius 3 is 2.35 bits per heavy atom. The van der Waals surface area contributed by atoms with Gasteiger partial charge >= 0.3 is 5.63 Å². The van der Waals surface area contributed by atoms with E-state index in [2.05, 4.69) is 0 Å². The number of amides is 1. The van der Waals surface area contributed by atoms with Crippen LogP contribution in [0.25, 0.3) is 22.1 Å². The summed E-state index contributed by atoms with van der Waals surface area (Å²) in [5.41, 5.74) is 3.83. The lowest BCUT2D eigenvalue weighted by molar-refractivity contribution is 0.0724. The zero-order chi connectivity index (χ0) is 18.1. The molecular formula is C22H21NO3. The van der Waals surface area contributed by atoms with Gasteiger partial charge < -0.3 is 9.32 Å². The van der Waals surface area contributed by atoms with Crippen LogP contribution < -0.4 is 5.63 Å². The van der Waals surface area contributed by atoms with Gasteiger partial charge in [0.15, 0.2) is 0 Å². The second-order valence-electron chi connectivity index (χ2n) is 6.89. The molecule has 1 aromatic heterocycles. The Labute approximate surface area is 152 Å². The molecule has 0 aliphatic carbocycles. The topological polar surface area (TPSA) is 50.5 Å². The Kier molecular flexibility index (Phi) is 4.33. The first-order valence-electron chi connectivity index (χ1n) is 9.06. The maximum atomic E-state index is 12.6. The van der Waals surface area contributed by atoms with E-state index in [0.29, 0.717) is 5.58 Å². The van der Waals surface area contributed by atoms with Crippen molar-refractivity contribution in [2.75, 3.05) is 13.1 Å². The largest absolute Gasteiger partial charge is 0.423 e. The number of hydrogen-bond acceptors (Lipinski definition) is 3. The van der Waals surface area contributed by atoms with E-state index < -0.39 is 0 Å². The highest BCUT2D eigenvalue weighted by Crippen LogP contribution is 2.26. The molecule has 2 aromatic carbocycles. The molecule has 0 atom stereocenters. The zero-order valence-electron chi connectivity index (χ0n) is 14.8. The molecule has 4 nitrogen and oxygen atoms in total. The average molecular weight is 347 g/mol. The number of aryl methyl sites for hydroxylation is 1. The smallest absolute Gasteiger partial charge is 0.336 e. The number of likely N-dealkylation sites (tertiary alicyclic amines) is 1. The first-order valence-corrected chi connectivity index (χ1v) is 9.06. The minimum atomic E-state index is -0.338. The molecule has 132 valence electrons. The first-order chi connectivity index (χ1) is 12.6. The molecule has 2 heterocycles. The number of hydrogen-bond donors (Lipinski definition) is 0. The Morgan fingerprint density at radius 2 is 1.62 bits per heavy atom. The summed E-state index contributed by atoms with van der Waals surface area (Å²) in [5, 5.41) is 0.935. The number of rotatable bonds is 2. The Balaban J connectivity index is 1.63. The maximum Gasteiger partial charge on any atom is 0.336 e. The molecule has 1 saturated heterocycles. The molecule has 0 spiro atoms. The summed E-state index contributed by atoms with van der Waals surface area (Å²) in [4.78, 5) is 26.1. The lowest BCUT2D eigenvalue weighted by Gasteiger charge is -2.26. The SMILES string of the molecule is Cc1cc(=O)oc2cc(-c3ccc(C(=O)N4CCCCC4)cc3)ccc12.